The largest absolute Gasteiger partial charge is 0.416 e. The topological polar surface area (TPSA) is 72.0 Å². The van der Waals surface area contributed by atoms with Gasteiger partial charge in [0, 0.05) is 0 Å². The summed E-state index contributed by atoms with van der Waals surface area (Å²) in [5.74, 6) is -0.0799. The van der Waals surface area contributed by atoms with Gasteiger partial charge in [-0.05, 0) is 36.8 Å². The number of rotatable bonds is 4. The average molecular weight is 428 g/mol. The van der Waals surface area contributed by atoms with Crippen LogP contribution in [0.2, 0.25) is 5.15 Å². The number of sulfonamides is 1. The lowest BCUT2D eigenvalue weighted by Crippen LogP contribution is -2.15. The summed E-state index contributed by atoms with van der Waals surface area (Å²) in [5.41, 5.74) is 0.890. The Bertz CT molecular complexity index is 1100. The molecular formula is C18H13ClF3N3O2S. The molecule has 3 aromatic rings. The van der Waals surface area contributed by atoms with E-state index in [2.05, 4.69) is 14.7 Å². The van der Waals surface area contributed by atoms with Crippen molar-refractivity contribution in [2.24, 2.45) is 0 Å². The van der Waals surface area contributed by atoms with Gasteiger partial charge in [-0.3, -0.25) is 4.72 Å². The fourth-order valence-electron chi connectivity index (χ4n) is 2.43. The zero-order chi connectivity index (χ0) is 20.5. The zero-order valence-corrected chi connectivity index (χ0v) is 15.9. The van der Waals surface area contributed by atoms with Crippen molar-refractivity contribution >= 4 is 27.4 Å². The van der Waals surface area contributed by atoms with E-state index < -0.39 is 21.8 Å². The molecule has 5 nitrogen and oxygen atoms in total. The van der Waals surface area contributed by atoms with Gasteiger partial charge in [-0.15, -0.1) is 0 Å². The van der Waals surface area contributed by atoms with Gasteiger partial charge in [-0.2, -0.15) is 13.2 Å². The Morgan fingerprint density at radius 2 is 1.57 bits per heavy atom. The van der Waals surface area contributed by atoms with Crippen LogP contribution in [0.25, 0.3) is 11.1 Å². The molecule has 0 aliphatic rings. The summed E-state index contributed by atoms with van der Waals surface area (Å²) in [5, 5.41) is 0.0315. The highest BCUT2D eigenvalue weighted by Crippen LogP contribution is 2.34. The van der Waals surface area contributed by atoms with E-state index in [-0.39, 0.29) is 21.4 Å². The quantitative estimate of drug-likeness (QED) is 0.599. The maximum absolute atomic E-state index is 12.7. The molecule has 1 heterocycles. The van der Waals surface area contributed by atoms with E-state index in [0.29, 0.717) is 17.7 Å². The third-order valence-corrected chi connectivity index (χ3v) is 5.51. The van der Waals surface area contributed by atoms with Crippen molar-refractivity contribution in [1.82, 2.24) is 9.97 Å². The molecule has 0 saturated carbocycles. The second kappa shape index (κ2) is 7.40. The Balaban J connectivity index is 1.99. The van der Waals surface area contributed by atoms with Crippen LogP contribution >= 0.6 is 11.6 Å². The molecule has 28 heavy (non-hydrogen) atoms. The van der Waals surface area contributed by atoms with E-state index in [1.54, 1.807) is 12.1 Å². The molecule has 0 amide bonds. The summed E-state index contributed by atoms with van der Waals surface area (Å²) in [6.07, 6.45) is -3.47. The zero-order valence-electron chi connectivity index (χ0n) is 14.3. The van der Waals surface area contributed by atoms with E-state index in [4.69, 9.17) is 11.6 Å². The maximum Gasteiger partial charge on any atom is 0.416 e. The van der Waals surface area contributed by atoms with E-state index >= 15 is 0 Å². The van der Waals surface area contributed by atoms with Gasteiger partial charge in [-0.25, -0.2) is 18.4 Å². The molecule has 0 radical (unpaired) electrons. The van der Waals surface area contributed by atoms with Gasteiger partial charge >= 0.3 is 6.18 Å². The molecule has 0 bridgehead atoms. The van der Waals surface area contributed by atoms with Crippen LogP contribution in [0.3, 0.4) is 0 Å². The molecule has 1 N–H and O–H groups in total. The van der Waals surface area contributed by atoms with Crippen molar-refractivity contribution in [2.45, 2.75) is 18.0 Å². The van der Waals surface area contributed by atoms with Crippen LogP contribution in [0, 0.1) is 6.92 Å². The van der Waals surface area contributed by atoms with Crippen molar-refractivity contribution < 1.29 is 21.6 Å². The Kier molecular flexibility index (Phi) is 5.31. The molecule has 2 aromatic carbocycles. The monoisotopic (exact) mass is 427 g/mol. The highest BCUT2D eigenvalue weighted by Gasteiger charge is 2.30. The summed E-state index contributed by atoms with van der Waals surface area (Å²) in [7, 11) is -4.20. The van der Waals surface area contributed by atoms with Crippen LogP contribution in [-0.4, -0.2) is 18.4 Å². The average Bonchev–Trinajstić information content (AvgIpc) is 2.62. The molecule has 0 spiro atoms. The van der Waals surface area contributed by atoms with Gasteiger partial charge in [0.05, 0.1) is 16.0 Å². The minimum atomic E-state index is -4.56. The van der Waals surface area contributed by atoms with Crippen LogP contribution in [0.5, 0.6) is 0 Å². The van der Waals surface area contributed by atoms with E-state index in [1.807, 2.05) is 19.1 Å². The van der Waals surface area contributed by atoms with Crippen molar-refractivity contribution in [3.8, 4) is 11.1 Å². The molecular weight excluding hydrogens is 415 g/mol. The summed E-state index contributed by atoms with van der Waals surface area (Å²) >= 11 is 6.14. The van der Waals surface area contributed by atoms with Crippen LogP contribution < -0.4 is 4.72 Å². The fourth-order valence-corrected chi connectivity index (χ4v) is 3.69. The minimum Gasteiger partial charge on any atom is -0.263 e. The standard InChI is InChI=1S/C18H13ClF3N3O2S/c1-11-2-4-12(5-3-11)15-16(19)23-10-24-17(15)25-28(26,27)14-8-6-13(7-9-14)18(20,21)22/h2-10H,1H3,(H,23,24,25). The Labute approximate surface area is 164 Å². The first-order valence-corrected chi connectivity index (χ1v) is 9.71. The molecule has 0 aliphatic carbocycles. The number of nitrogens with one attached hydrogen (secondary N) is 1. The number of hydrogen-bond donors (Lipinski definition) is 1. The Hall–Kier alpha value is -2.65. The van der Waals surface area contributed by atoms with Crippen LogP contribution in [0.1, 0.15) is 11.1 Å². The van der Waals surface area contributed by atoms with Crippen LogP contribution in [0.4, 0.5) is 19.0 Å². The number of aromatic nitrogens is 2. The molecule has 0 atom stereocenters. The normalized spacial score (nSPS) is 12.0. The van der Waals surface area contributed by atoms with Crippen molar-refractivity contribution in [3.63, 3.8) is 0 Å². The number of alkyl halides is 3. The van der Waals surface area contributed by atoms with Gasteiger partial charge in [0.2, 0.25) is 0 Å². The first kappa shape index (κ1) is 20.1. The van der Waals surface area contributed by atoms with Crippen molar-refractivity contribution in [3.05, 3.63) is 71.1 Å². The van der Waals surface area contributed by atoms with E-state index in [0.717, 1.165) is 24.0 Å². The number of aryl methyl sites for hydroxylation is 1. The number of hydrogen-bond acceptors (Lipinski definition) is 4. The lowest BCUT2D eigenvalue weighted by atomic mass is 10.1. The molecule has 3 rings (SSSR count). The molecule has 0 aliphatic heterocycles. The molecule has 0 saturated heterocycles. The smallest absolute Gasteiger partial charge is 0.263 e. The van der Waals surface area contributed by atoms with Gasteiger partial charge in [0.15, 0.2) is 5.82 Å². The Morgan fingerprint density at radius 3 is 2.14 bits per heavy atom. The predicted octanol–water partition coefficient (Wildman–Crippen LogP) is 4.93. The number of anilines is 1. The van der Waals surface area contributed by atoms with Gasteiger partial charge in [0.1, 0.15) is 11.5 Å². The first-order valence-electron chi connectivity index (χ1n) is 7.85. The Morgan fingerprint density at radius 1 is 0.964 bits per heavy atom. The van der Waals surface area contributed by atoms with Crippen LogP contribution in [0.15, 0.2) is 59.8 Å². The van der Waals surface area contributed by atoms with Crippen LogP contribution in [-0.2, 0) is 16.2 Å². The lowest BCUT2D eigenvalue weighted by Gasteiger charge is -2.13. The third-order valence-electron chi connectivity index (χ3n) is 3.86. The predicted molar refractivity (Wildman–Crippen MR) is 99.5 cm³/mol. The first-order chi connectivity index (χ1) is 13.1. The van der Waals surface area contributed by atoms with Gasteiger partial charge in [0.25, 0.3) is 10.0 Å². The SMILES string of the molecule is Cc1ccc(-c2c(Cl)ncnc2NS(=O)(=O)c2ccc(C(F)(F)F)cc2)cc1. The third kappa shape index (κ3) is 4.26. The second-order valence-electron chi connectivity index (χ2n) is 5.88. The lowest BCUT2D eigenvalue weighted by molar-refractivity contribution is -0.137. The summed E-state index contributed by atoms with van der Waals surface area (Å²) in [6.45, 7) is 1.89. The minimum absolute atomic E-state index is 0.0315. The summed E-state index contributed by atoms with van der Waals surface area (Å²) < 4.78 is 65.5. The molecule has 0 unspecified atom stereocenters. The highest BCUT2D eigenvalue weighted by molar-refractivity contribution is 7.92. The number of nitrogens with zero attached hydrogens (tertiary/aromatic N) is 2. The maximum atomic E-state index is 12.7. The second-order valence-corrected chi connectivity index (χ2v) is 7.92. The number of halogens is 4. The van der Waals surface area contributed by atoms with E-state index in [1.165, 1.54) is 0 Å². The highest BCUT2D eigenvalue weighted by atomic mass is 35.5. The molecule has 1 aromatic heterocycles. The fraction of sp³-hybridized carbons (Fsp3) is 0.111. The van der Waals surface area contributed by atoms with Crippen molar-refractivity contribution in [1.29, 1.82) is 0 Å². The van der Waals surface area contributed by atoms with E-state index in [9.17, 15) is 21.6 Å². The number of benzene rings is 2. The molecule has 0 fully saturated rings. The van der Waals surface area contributed by atoms with Gasteiger partial charge < -0.3 is 0 Å². The van der Waals surface area contributed by atoms with Gasteiger partial charge in [-0.1, -0.05) is 41.4 Å². The summed E-state index contributed by atoms with van der Waals surface area (Å²) in [4.78, 5) is 7.47. The molecule has 146 valence electrons. The summed E-state index contributed by atoms with van der Waals surface area (Å²) in [6, 6.07) is 10.2. The van der Waals surface area contributed by atoms with Crippen molar-refractivity contribution in [2.75, 3.05) is 4.72 Å². The molecule has 10 heteroatoms.